The van der Waals surface area contributed by atoms with Gasteiger partial charge in [-0.3, -0.25) is 35.3 Å². The minimum absolute atomic E-state index is 0.0868. The molecule has 0 saturated carbocycles. The lowest BCUT2D eigenvalue weighted by Gasteiger charge is -2.20. The van der Waals surface area contributed by atoms with Crippen LogP contribution in [-0.4, -0.2) is 41.3 Å². The Kier molecular flexibility index (Phi) is 9.01. The molecule has 0 unspecified atom stereocenters. The van der Waals surface area contributed by atoms with Crippen LogP contribution in [0, 0.1) is 21.8 Å². The van der Waals surface area contributed by atoms with Gasteiger partial charge in [0.05, 0.1) is 4.92 Å². The molecule has 2 rings (SSSR count). The number of esters is 1. The Hall–Kier alpha value is -4.06. The first-order chi connectivity index (χ1) is 16.0. The monoisotopic (exact) mass is 494 g/mol. The summed E-state index contributed by atoms with van der Waals surface area (Å²) < 4.78 is 17.8. The lowest BCUT2D eigenvalue weighted by Crippen LogP contribution is -2.47. The molecule has 13 heteroatoms. The van der Waals surface area contributed by atoms with Crippen molar-refractivity contribution in [2.24, 2.45) is 5.92 Å². The largest absolute Gasteiger partial charge is 0.454 e. The van der Waals surface area contributed by atoms with Crippen molar-refractivity contribution in [2.45, 2.75) is 19.9 Å². The minimum atomic E-state index is -1.18. The number of amides is 3. The molecule has 0 aliphatic rings. The van der Waals surface area contributed by atoms with E-state index in [0.717, 1.165) is 18.2 Å². The van der Waals surface area contributed by atoms with Gasteiger partial charge in [0.15, 0.2) is 6.61 Å². The topological polar surface area (TPSA) is 157 Å². The van der Waals surface area contributed by atoms with Crippen LogP contribution in [0.1, 0.15) is 34.6 Å². The third-order valence-electron chi connectivity index (χ3n) is 4.38. The van der Waals surface area contributed by atoms with E-state index >= 15 is 0 Å². The number of nitrogens with one attached hydrogen (secondary N) is 3. The lowest BCUT2D eigenvalue weighted by molar-refractivity contribution is -0.384. The van der Waals surface area contributed by atoms with Gasteiger partial charge in [0.2, 0.25) is 0 Å². The number of carbonyl (C=O) groups is 4. The highest BCUT2D eigenvalue weighted by Gasteiger charge is 2.27. The Balaban J connectivity index is 1.92. The summed E-state index contributed by atoms with van der Waals surface area (Å²) in [5, 5.41) is 13.3. The third-order valence-corrected chi connectivity index (χ3v) is 4.70. The van der Waals surface area contributed by atoms with Crippen LogP contribution in [0.2, 0.25) is 5.02 Å². The smallest absolute Gasteiger partial charge is 0.329 e. The molecular formula is C21H20ClFN4O7. The van der Waals surface area contributed by atoms with Crippen LogP contribution >= 0.6 is 11.6 Å². The zero-order valence-electron chi connectivity index (χ0n) is 18.0. The lowest BCUT2D eigenvalue weighted by atomic mass is 10.0. The highest BCUT2D eigenvalue weighted by Crippen LogP contribution is 2.25. The predicted octanol–water partition coefficient (Wildman–Crippen LogP) is 2.15. The number of rotatable bonds is 8. The van der Waals surface area contributed by atoms with Gasteiger partial charge in [0.25, 0.3) is 23.4 Å². The van der Waals surface area contributed by atoms with E-state index in [-0.39, 0.29) is 16.1 Å². The molecule has 2 aromatic rings. The van der Waals surface area contributed by atoms with E-state index in [4.69, 9.17) is 16.3 Å². The molecule has 1 atom stereocenters. The van der Waals surface area contributed by atoms with Crippen molar-refractivity contribution in [3.05, 3.63) is 74.5 Å². The van der Waals surface area contributed by atoms with Gasteiger partial charge in [0, 0.05) is 17.2 Å². The van der Waals surface area contributed by atoms with Crippen LogP contribution in [0.15, 0.2) is 42.5 Å². The molecule has 0 aliphatic carbocycles. The van der Waals surface area contributed by atoms with Gasteiger partial charge < -0.3 is 10.1 Å². The van der Waals surface area contributed by atoms with Crippen molar-refractivity contribution in [1.82, 2.24) is 16.2 Å². The van der Waals surface area contributed by atoms with Gasteiger partial charge in [-0.05, 0) is 42.3 Å². The number of hydrazine groups is 1. The summed E-state index contributed by atoms with van der Waals surface area (Å²) >= 11 is 5.73. The summed E-state index contributed by atoms with van der Waals surface area (Å²) in [7, 11) is 0. The Bertz CT molecular complexity index is 1110. The SMILES string of the molecule is CC(C)[C@H](NC(=O)c1ccc(Cl)c([N+](=O)[O-])c1)C(=O)OCC(=O)NNC(=O)c1ccc(F)cc1. The van der Waals surface area contributed by atoms with Crippen molar-refractivity contribution in [3.8, 4) is 0 Å². The van der Waals surface area contributed by atoms with E-state index in [2.05, 4.69) is 10.7 Å². The number of nitro groups is 1. The fourth-order valence-corrected chi connectivity index (χ4v) is 2.77. The van der Waals surface area contributed by atoms with Gasteiger partial charge in [-0.2, -0.15) is 0 Å². The predicted molar refractivity (Wildman–Crippen MR) is 117 cm³/mol. The van der Waals surface area contributed by atoms with Crippen molar-refractivity contribution in [3.63, 3.8) is 0 Å². The van der Waals surface area contributed by atoms with Crippen molar-refractivity contribution < 1.29 is 33.2 Å². The number of carbonyl (C=O) groups excluding carboxylic acids is 4. The van der Waals surface area contributed by atoms with Gasteiger partial charge >= 0.3 is 5.97 Å². The van der Waals surface area contributed by atoms with Crippen LogP contribution in [0.25, 0.3) is 0 Å². The maximum Gasteiger partial charge on any atom is 0.329 e. The second kappa shape index (κ2) is 11.7. The molecular weight excluding hydrogens is 475 g/mol. The van der Waals surface area contributed by atoms with Gasteiger partial charge in [0.1, 0.15) is 16.9 Å². The number of hydrogen-bond acceptors (Lipinski definition) is 7. The molecule has 34 heavy (non-hydrogen) atoms. The van der Waals surface area contributed by atoms with E-state index < -0.39 is 58.7 Å². The second-order valence-corrected chi connectivity index (χ2v) is 7.64. The van der Waals surface area contributed by atoms with Crippen molar-refractivity contribution >= 4 is 41.0 Å². The average molecular weight is 495 g/mol. The van der Waals surface area contributed by atoms with Gasteiger partial charge in [-0.15, -0.1) is 0 Å². The van der Waals surface area contributed by atoms with Gasteiger partial charge in [-0.25, -0.2) is 9.18 Å². The molecule has 0 heterocycles. The minimum Gasteiger partial charge on any atom is -0.454 e. The van der Waals surface area contributed by atoms with Crippen LogP contribution in [-0.2, 0) is 14.3 Å². The summed E-state index contributed by atoms with van der Waals surface area (Å²) in [6.45, 7) is 2.45. The van der Waals surface area contributed by atoms with E-state index in [1.807, 2.05) is 5.43 Å². The maximum absolute atomic E-state index is 12.9. The number of halogens is 2. The van der Waals surface area contributed by atoms with E-state index in [0.29, 0.717) is 0 Å². The summed E-state index contributed by atoms with van der Waals surface area (Å²) in [5.41, 5.74) is 3.62. The molecule has 0 aliphatic heterocycles. The van der Waals surface area contributed by atoms with Crippen LogP contribution in [0.3, 0.4) is 0 Å². The number of nitrogens with zero attached hydrogens (tertiary/aromatic N) is 1. The number of nitro benzene ring substituents is 1. The Morgan fingerprint density at radius 3 is 2.24 bits per heavy atom. The first kappa shape index (κ1) is 26.2. The molecule has 2 aromatic carbocycles. The molecule has 11 nitrogen and oxygen atoms in total. The van der Waals surface area contributed by atoms with Crippen LogP contribution in [0.5, 0.6) is 0 Å². The van der Waals surface area contributed by atoms with E-state index in [9.17, 15) is 33.7 Å². The van der Waals surface area contributed by atoms with Crippen molar-refractivity contribution in [1.29, 1.82) is 0 Å². The van der Waals surface area contributed by atoms with Gasteiger partial charge in [-0.1, -0.05) is 25.4 Å². The second-order valence-electron chi connectivity index (χ2n) is 7.24. The Labute approximate surface area is 197 Å². The molecule has 0 radical (unpaired) electrons. The van der Waals surface area contributed by atoms with E-state index in [1.54, 1.807) is 13.8 Å². The fourth-order valence-electron chi connectivity index (χ4n) is 2.58. The Morgan fingerprint density at radius 1 is 1.03 bits per heavy atom. The highest BCUT2D eigenvalue weighted by atomic mass is 35.5. The standard InChI is InChI=1S/C21H20ClFN4O7/c1-11(2)18(24-19(29)13-5-8-15(22)16(9-13)27(32)33)21(31)34-10-17(28)25-26-20(30)12-3-6-14(23)7-4-12/h3-9,11,18H,10H2,1-2H3,(H,24,29)(H,25,28)(H,26,30)/t18-/m0/s1. The fraction of sp³-hybridized carbons (Fsp3) is 0.238. The number of ether oxygens (including phenoxy) is 1. The Morgan fingerprint density at radius 2 is 1.65 bits per heavy atom. The summed E-state index contributed by atoms with van der Waals surface area (Å²) in [6.07, 6.45) is 0. The molecule has 3 N–H and O–H groups in total. The summed E-state index contributed by atoms with van der Waals surface area (Å²) in [5.74, 6) is -4.30. The molecule has 0 aromatic heterocycles. The van der Waals surface area contributed by atoms with E-state index in [1.165, 1.54) is 24.3 Å². The first-order valence-corrected chi connectivity index (χ1v) is 10.1. The molecule has 0 spiro atoms. The van der Waals surface area contributed by atoms with Crippen molar-refractivity contribution in [2.75, 3.05) is 6.61 Å². The molecule has 0 bridgehead atoms. The quantitative estimate of drug-likeness (QED) is 0.288. The third kappa shape index (κ3) is 7.24. The normalized spacial score (nSPS) is 11.3. The van der Waals surface area contributed by atoms with Crippen LogP contribution in [0.4, 0.5) is 10.1 Å². The first-order valence-electron chi connectivity index (χ1n) is 9.75. The molecule has 0 fully saturated rings. The van der Waals surface area contributed by atoms with Crippen LogP contribution < -0.4 is 16.2 Å². The number of hydrogen-bond donors (Lipinski definition) is 3. The molecule has 180 valence electrons. The molecule has 0 saturated heterocycles. The zero-order valence-corrected chi connectivity index (χ0v) is 18.7. The molecule has 3 amide bonds. The highest BCUT2D eigenvalue weighted by molar-refractivity contribution is 6.32. The zero-order chi connectivity index (χ0) is 25.4. The summed E-state index contributed by atoms with van der Waals surface area (Å²) in [4.78, 5) is 58.9. The summed E-state index contributed by atoms with van der Waals surface area (Å²) in [6, 6.07) is 6.79. The maximum atomic E-state index is 12.9. The number of benzene rings is 2. The average Bonchev–Trinajstić information content (AvgIpc) is 2.79.